The van der Waals surface area contributed by atoms with Crippen LogP contribution >= 0.6 is 11.3 Å². The molecule has 1 aromatic heterocycles. The summed E-state index contributed by atoms with van der Waals surface area (Å²) in [6.45, 7) is 0.624. The van der Waals surface area contributed by atoms with Gasteiger partial charge in [0.1, 0.15) is 5.01 Å². The van der Waals surface area contributed by atoms with E-state index in [9.17, 15) is 4.79 Å². The minimum atomic E-state index is 0.105. The number of Topliss-reactive ketones (excluding diaryl/α,β-unsaturated/α-hetero) is 1. The summed E-state index contributed by atoms with van der Waals surface area (Å²) in [5.74, 6) is 0.105. The van der Waals surface area contributed by atoms with Gasteiger partial charge in [-0.15, -0.1) is 11.3 Å². The molecule has 0 radical (unpaired) electrons. The highest BCUT2D eigenvalue weighted by Crippen LogP contribution is 2.22. The Labute approximate surface area is 127 Å². The Kier molecular flexibility index (Phi) is 4.08. The third-order valence-corrected chi connectivity index (χ3v) is 4.40. The number of hydrogen-bond acceptors (Lipinski definition) is 4. The Morgan fingerprint density at radius 3 is 2.57 bits per heavy atom. The molecule has 3 nitrogen and oxygen atoms in total. The topological polar surface area (TPSA) is 56.0 Å². The Balaban J connectivity index is 1.76. The molecule has 0 bridgehead atoms. The molecule has 0 aliphatic heterocycles. The molecule has 3 aromatic rings. The molecular weight excluding hydrogens is 280 g/mol. The second-order valence-corrected chi connectivity index (χ2v) is 6.03. The van der Waals surface area contributed by atoms with Crippen molar-refractivity contribution in [2.75, 3.05) is 6.54 Å². The van der Waals surface area contributed by atoms with E-state index in [-0.39, 0.29) is 5.78 Å². The first-order valence-corrected chi connectivity index (χ1v) is 7.74. The number of hydrogen-bond donors (Lipinski definition) is 1. The minimum Gasteiger partial charge on any atom is -0.330 e. The van der Waals surface area contributed by atoms with Gasteiger partial charge in [0, 0.05) is 5.56 Å². The van der Waals surface area contributed by atoms with Gasteiger partial charge in [-0.3, -0.25) is 4.79 Å². The number of rotatable bonds is 5. The summed E-state index contributed by atoms with van der Waals surface area (Å²) in [7, 11) is 0. The summed E-state index contributed by atoms with van der Waals surface area (Å²) in [6, 6.07) is 15.6. The van der Waals surface area contributed by atoms with E-state index in [2.05, 4.69) is 4.98 Å². The van der Waals surface area contributed by atoms with Gasteiger partial charge in [0.15, 0.2) is 5.78 Å². The lowest BCUT2D eigenvalue weighted by Crippen LogP contribution is -2.05. The first-order chi connectivity index (χ1) is 10.3. The fourth-order valence-corrected chi connectivity index (χ4v) is 3.22. The van der Waals surface area contributed by atoms with Crippen molar-refractivity contribution < 1.29 is 4.79 Å². The third kappa shape index (κ3) is 3.17. The van der Waals surface area contributed by atoms with Crippen LogP contribution in [-0.4, -0.2) is 17.3 Å². The second-order valence-electron chi connectivity index (χ2n) is 4.91. The molecule has 0 atom stereocenters. The van der Waals surface area contributed by atoms with E-state index in [4.69, 9.17) is 5.73 Å². The molecule has 0 spiro atoms. The van der Waals surface area contributed by atoms with Crippen LogP contribution in [0, 0.1) is 0 Å². The number of nitrogens with two attached hydrogens (primary N) is 1. The Hall–Kier alpha value is -2.04. The molecule has 0 aliphatic rings. The van der Waals surface area contributed by atoms with Crippen molar-refractivity contribution in [3.05, 3.63) is 64.7 Å². The van der Waals surface area contributed by atoms with E-state index in [1.165, 1.54) is 0 Å². The van der Waals surface area contributed by atoms with E-state index < -0.39 is 0 Å². The van der Waals surface area contributed by atoms with Crippen LogP contribution in [0.5, 0.6) is 0 Å². The van der Waals surface area contributed by atoms with Crippen molar-refractivity contribution >= 4 is 27.3 Å². The summed E-state index contributed by atoms with van der Waals surface area (Å²) < 4.78 is 1.12. The van der Waals surface area contributed by atoms with Gasteiger partial charge in [0.05, 0.1) is 16.6 Å². The average molecular weight is 296 g/mol. The number of carbonyl (C=O) groups is 1. The van der Waals surface area contributed by atoms with Crippen LogP contribution in [0.2, 0.25) is 0 Å². The summed E-state index contributed by atoms with van der Waals surface area (Å²) >= 11 is 1.58. The number of benzene rings is 2. The van der Waals surface area contributed by atoms with Crippen LogP contribution < -0.4 is 5.73 Å². The number of ketones is 1. The SMILES string of the molecule is NCCc1ccc(C(=O)Cc2nc3ccccc3s2)cc1. The summed E-state index contributed by atoms with van der Waals surface area (Å²) in [5, 5.41) is 0.868. The molecule has 0 aliphatic carbocycles. The number of aromatic nitrogens is 1. The molecule has 0 unspecified atom stereocenters. The highest BCUT2D eigenvalue weighted by molar-refractivity contribution is 7.18. The molecule has 0 saturated heterocycles. The predicted molar refractivity (Wildman–Crippen MR) is 86.9 cm³/mol. The van der Waals surface area contributed by atoms with Crippen molar-refractivity contribution in [1.82, 2.24) is 4.98 Å². The zero-order valence-corrected chi connectivity index (χ0v) is 12.4. The summed E-state index contributed by atoms with van der Waals surface area (Å²) in [4.78, 5) is 16.8. The number of fused-ring (bicyclic) bond motifs is 1. The standard InChI is InChI=1S/C17H16N2OS/c18-10-9-12-5-7-13(8-6-12)15(20)11-17-19-14-3-1-2-4-16(14)21-17/h1-8H,9-11,18H2. The van der Waals surface area contributed by atoms with Crippen molar-refractivity contribution in [3.8, 4) is 0 Å². The zero-order valence-electron chi connectivity index (χ0n) is 11.6. The largest absolute Gasteiger partial charge is 0.330 e. The van der Waals surface area contributed by atoms with E-state index in [0.717, 1.165) is 32.8 Å². The number of carbonyl (C=O) groups excluding carboxylic acids is 1. The van der Waals surface area contributed by atoms with Crippen molar-refractivity contribution in [2.45, 2.75) is 12.8 Å². The monoisotopic (exact) mass is 296 g/mol. The maximum absolute atomic E-state index is 12.3. The number of nitrogens with zero attached hydrogens (tertiary/aromatic N) is 1. The predicted octanol–water partition coefficient (Wildman–Crippen LogP) is 3.22. The molecule has 2 N–H and O–H groups in total. The minimum absolute atomic E-state index is 0.105. The average Bonchev–Trinajstić information content (AvgIpc) is 2.90. The second kappa shape index (κ2) is 6.16. The lowest BCUT2D eigenvalue weighted by Gasteiger charge is -2.01. The van der Waals surface area contributed by atoms with Crippen LogP contribution in [0.25, 0.3) is 10.2 Å². The fraction of sp³-hybridized carbons (Fsp3) is 0.176. The molecular formula is C17H16N2OS. The maximum atomic E-state index is 12.3. The Morgan fingerprint density at radius 1 is 1.10 bits per heavy atom. The molecule has 2 aromatic carbocycles. The van der Waals surface area contributed by atoms with Crippen LogP contribution in [0.1, 0.15) is 20.9 Å². The normalized spacial score (nSPS) is 10.9. The van der Waals surface area contributed by atoms with Crippen LogP contribution in [0.4, 0.5) is 0 Å². The van der Waals surface area contributed by atoms with Crippen LogP contribution in [-0.2, 0) is 12.8 Å². The van der Waals surface area contributed by atoms with Crippen LogP contribution in [0.15, 0.2) is 48.5 Å². The highest BCUT2D eigenvalue weighted by Gasteiger charge is 2.11. The molecule has 3 rings (SSSR count). The maximum Gasteiger partial charge on any atom is 0.169 e. The smallest absolute Gasteiger partial charge is 0.169 e. The molecule has 106 valence electrons. The Morgan fingerprint density at radius 2 is 1.86 bits per heavy atom. The van der Waals surface area contributed by atoms with Gasteiger partial charge in [-0.1, -0.05) is 36.4 Å². The lowest BCUT2D eigenvalue weighted by atomic mass is 10.0. The summed E-state index contributed by atoms with van der Waals surface area (Å²) in [6.07, 6.45) is 1.20. The molecule has 4 heteroatoms. The number of thiazole rings is 1. The quantitative estimate of drug-likeness (QED) is 0.735. The first kappa shape index (κ1) is 13.9. The molecule has 0 fully saturated rings. The van der Waals surface area contributed by atoms with Crippen LogP contribution in [0.3, 0.4) is 0 Å². The van der Waals surface area contributed by atoms with E-state index in [1.54, 1.807) is 11.3 Å². The van der Waals surface area contributed by atoms with Crippen molar-refractivity contribution in [3.63, 3.8) is 0 Å². The van der Waals surface area contributed by atoms with Gasteiger partial charge >= 0.3 is 0 Å². The van der Waals surface area contributed by atoms with E-state index >= 15 is 0 Å². The van der Waals surface area contributed by atoms with E-state index in [1.807, 2.05) is 48.5 Å². The summed E-state index contributed by atoms with van der Waals surface area (Å²) in [5.41, 5.74) is 8.38. The molecule has 0 amide bonds. The molecule has 0 saturated carbocycles. The lowest BCUT2D eigenvalue weighted by molar-refractivity contribution is 0.0993. The van der Waals surface area contributed by atoms with Crippen molar-refractivity contribution in [1.29, 1.82) is 0 Å². The highest BCUT2D eigenvalue weighted by atomic mass is 32.1. The van der Waals surface area contributed by atoms with E-state index in [0.29, 0.717) is 13.0 Å². The zero-order chi connectivity index (χ0) is 14.7. The van der Waals surface area contributed by atoms with Gasteiger partial charge in [0.25, 0.3) is 0 Å². The van der Waals surface area contributed by atoms with Crippen molar-refractivity contribution in [2.24, 2.45) is 5.73 Å². The first-order valence-electron chi connectivity index (χ1n) is 6.93. The van der Waals surface area contributed by atoms with Gasteiger partial charge in [0.2, 0.25) is 0 Å². The Bertz CT molecular complexity index is 729. The molecule has 1 heterocycles. The van der Waals surface area contributed by atoms with Gasteiger partial charge < -0.3 is 5.73 Å². The molecule has 21 heavy (non-hydrogen) atoms. The third-order valence-electron chi connectivity index (χ3n) is 3.36. The van der Waals surface area contributed by atoms with Gasteiger partial charge in [-0.2, -0.15) is 0 Å². The fourth-order valence-electron chi connectivity index (χ4n) is 2.26. The van der Waals surface area contributed by atoms with Gasteiger partial charge in [-0.05, 0) is 30.7 Å². The van der Waals surface area contributed by atoms with Gasteiger partial charge in [-0.25, -0.2) is 4.98 Å². The number of para-hydroxylation sites is 1.